The lowest BCUT2D eigenvalue weighted by Gasteiger charge is -1.95. The molecule has 0 unspecified atom stereocenters. The fourth-order valence-electron chi connectivity index (χ4n) is 0.329. The highest BCUT2D eigenvalue weighted by molar-refractivity contribution is 5.73. The van der Waals surface area contributed by atoms with Crippen LogP contribution in [-0.4, -0.2) is 38.0 Å². The summed E-state index contributed by atoms with van der Waals surface area (Å²) in [6, 6.07) is 0. The highest BCUT2D eigenvalue weighted by Gasteiger charge is 1.78. The number of amides is 2. The van der Waals surface area contributed by atoms with E-state index in [-0.39, 0.29) is 11.8 Å². The van der Waals surface area contributed by atoms with Crippen LogP contribution >= 0.6 is 0 Å². The van der Waals surface area contributed by atoms with Crippen molar-refractivity contribution < 1.29 is 9.59 Å². The molecule has 0 saturated carbocycles. The van der Waals surface area contributed by atoms with E-state index in [4.69, 9.17) is 11.5 Å². The summed E-state index contributed by atoms with van der Waals surface area (Å²) >= 11 is 0. The van der Waals surface area contributed by atoms with E-state index < -0.39 is 0 Å². The molecular weight excluding hydrogens is 222 g/mol. The first-order chi connectivity index (χ1) is 7.95. The maximum Gasteiger partial charge on any atom is 0.217 e. The minimum Gasteiger partial charge on any atom is -0.370 e. The van der Waals surface area contributed by atoms with Gasteiger partial charge in [0.2, 0.25) is 11.8 Å². The van der Waals surface area contributed by atoms with Gasteiger partial charge in [0, 0.05) is 39.0 Å². The van der Waals surface area contributed by atoms with Gasteiger partial charge in [-0.3, -0.25) is 9.59 Å². The van der Waals surface area contributed by atoms with Crippen LogP contribution in [0.5, 0.6) is 0 Å². The number of primary amides is 2. The Labute approximate surface area is 103 Å². The van der Waals surface area contributed by atoms with Crippen LogP contribution in [0.25, 0.3) is 0 Å². The standard InChI is InChI=1S/C4H13N3.2C3H7NO/c5-1-3-7-4-2-6;2*1-2-3(4)5/h7H,1-6H2;2*2H2,1H3,(H2,4,5). The average Bonchev–Trinajstić information content (AvgIpc) is 2.31. The molecule has 0 atom stereocenters. The van der Waals surface area contributed by atoms with Gasteiger partial charge in [-0.1, -0.05) is 13.8 Å². The van der Waals surface area contributed by atoms with Crippen molar-refractivity contribution in [1.29, 1.82) is 0 Å². The predicted molar refractivity (Wildman–Crippen MR) is 69.9 cm³/mol. The largest absolute Gasteiger partial charge is 0.370 e. The summed E-state index contributed by atoms with van der Waals surface area (Å²) in [7, 11) is 0. The van der Waals surface area contributed by atoms with Gasteiger partial charge in [0.1, 0.15) is 0 Å². The van der Waals surface area contributed by atoms with E-state index in [0.29, 0.717) is 25.9 Å². The number of hydrogen-bond donors (Lipinski definition) is 5. The zero-order chi connectivity index (χ0) is 14.1. The van der Waals surface area contributed by atoms with Gasteiger partial charge in [-0.25, -0.2) is 0 Å². The molecule has 0 spiro atoms. The molecule has 0 aromatic carbocycles. The van der Waals surface area contributed by atoms with E-state index in [0.717, 1.165) is 13.1 Å². The fourth-order valence-corrected chi connectivity index (χ4v) is 0.329. The molecule has 0 radical (unpaired) electrons. The smallest absolute Gasteiger partial charge is 0.217 e. The zero-order valence-electron chi connectivity index (χ0n) is 10.9. The second-order valence-electron chi connectivity index (χ2n) is 2.97. The fraction of sp³-hybridized carbons (Fsp3) is 0.800. The monoisotopic (exact) mass is 249 g/mol. The molecule has 0 fully saturated rings. The van der Waals surface area contributed by atoms with Crippen molar-refractivity contribution in [3.8, 4) is 0 Å². The van der Waals surface area contributed by atoms with Crippen LogP contribution in [0.15, 0.2) is 0 Å². The van der Waals surface area contributed by atoms with Crippen molar-refractivity contribution in [2.75, 3.05) is 26.2 Å². The number of nitrogens with one attached hydrogen (secondary N) is 1. The number of nitrogens with two attached hydrogens (primary N) is 4. The summed E-state index contributed by atoms with van der Waals surface area (Å²) in [6.07, 6.45) is 0.889. The van der Waals surface area contributed by atoms with Gasteiger partial charge in [-0.15, -0.1) is 0 Å². The van der Waals surface area contributed by atoms with Crippen LogP contribution in [0.4, 0.5) is 0 Å². The molecule has 2 amide bonds. The van der Waals surface area contributed by atoms with E-state index in [9.17, 15) is 9.59 Å². The van der Waals surface area contributed by atoms with E-state index in [1.165, 1.54) is 0 Å². The molecule has 0 aromatic rings. The van der Waals surface area contributed by atoms with Crippen LogP contribution in [-0.2, 0) is 9.59 Å². The first kappa shape index (κ1) is 21.1. The van der Waals surface area contributed by atoms with E-state index >= 15 is 0 Å². The van der Waals surface area contributed by atoms with Crippen molar-refractivity contribution in [2.24, 2.45) is 22.9 Å². The second kappa shape index (κ2) is 20.3. The number of carbonyl (C=O) groups is 2. The molecule has 0 aliphatic carbocycles. The summed E-state index contributed by atoms with van der Waals surface area (Å²) in [5.41, 5.74) is 19.6. The summed E-state index contributed by atoms with van der Waals surface area (Å²) in [6.45, 7) is 6.58. The lowest BCUT2D eigenvalue weighted by molar-refractivity contribution is -0.118. The van der Waals surface area contributed by atoms with E-state index in [1.54, 1.807) is 13.8 Å². The van der Waals surface area contributed by atoms with Gasteiger partial charge >= 0.3 is 0 Å². The van der Waals surface area contributed by atoms with E-state index in [2.05, 4.69) is 16.8 Å². The van der Waals surface area contributed by atoms with Crippen LogP contribution in [0.2, 0.25) is 0 Å². The number of carbonyl (C=O) groups excluding carboxylic acids is 2. The summed E-state index contributed by atoms with van der Waals surface area (Å²) < 4.78 is 0. The number of rotatable bonds is 6. The van der Waals surface area contributed by atoms with Gasteiger partial charge < -0.3 is 28.3 Å². The lowest BCUT2D eigenvalue weighted by atomic mass is 10.5. The molecule has 0 heterocycles. The third-order valence-electron chi connectivity index (χ3n) is 1.34. The Kier molecular flexibility index (Phi) is 25.2. The average molecular weight is 249 g/mol. The molecule has 7 heteroatoms. The Morgan fingerprint density at radius 1 is 0.882 bits per heavy atom. The molecule has 0 saturated heterocycles. The maximum absolute atomic E-state index is 9.59. The van der Waals surface area contributed by atoms with Crippen molar-refractivity contribution in [3.63, 3.8) is 0 Å². The predicted octanol–water partition coefficient (Wildman–Crippen LogP) is -1.74. The molecule has 0 aliphatic heterocycles. The molecule has 7 nitrogen and oxygen atoms in total. The molecule has 0 bridgehead atoms. The first-order valence-electron chi connectivity index (χ1n) is 5.63. The third kappa shape index (κ3) is 52.4. The Hall–Kier alpha value is -1.18. The van der Waals surface area contributed by atoms with Crippen LogP contribution < -0.4 is 28.3 Å². The van der Waals surface area contributed by atoms with Crippen LogP contribution in [0.3, 0.4) is 0 Å². The van der Waals surface area contributed by atoms with Crippen molar-refractivity contribution in [2.45, 2.75) is 26.7 Å². The summed E-state index contributed by atoms with van der Waals surface area (Å²) in [5.74, 6) is -0.491. The Morgan fingerprint density at radius 3 is 1.24 bits per heavy atom. The van der Waals surface area contributed by atoms with Crippen molar-refractivity contribution in [3.05, 3.63) is 0 Å². The highest BCUT2D eigenvalue weighted by Crippen LogP contribution is 1.63. The Balaban J connectivity index is -0.000000177. The maximum atomic E-state index is 9.59. The molecule has 17 heavy (non-hydrogen) atoms. The zero-order valence-corrected chi connectivity index (χ0v) is 10.9. The van der Waals surface area contributed by atoms with Crippen molar-refractivity contribution >= 4 is 11.8 Å². The van der Waals surface area contributed by atoms with Gasteiger partial charge in [-0.2, -0.15) is 0 Å². The Morgan fingerprint density at radius 2 is 1.12 bits per heavy atom. The minimum atomic E-state index is -0.245. The molecule has 104 valence electrons. The van der Waals surface area contributed by atoms with Gasteiger partial charge in [0.15, 0.2) is 0 Å². The summed E-state index contributed by atoms with van der Waals surface area (Å²) in [5, 5.41) is 3.03. The van der Waals surface area contributed by atoms with E-state index in [1.807, 2.05) is 0 Å². The van der Waals surface area contributed by atoms with Crippen LogP contribution in [0.1, 0.15) is 26.7 Å². The molecule has 0 rings (SSSR count). The van der Waals surface area contributed by atoms with Gasteiger partial charge in [-0.05, 0) is 0 Å². The van der Waals surface area contributed by atoms with Crippen LogP contribution in [0, 0.1) is 0 Å². The second-order valence-corrected chi connectivity index (χ2v) is 2.97. The molecule has 0 aliphatic rings. The molecule has 9 N–H and O–H groups in total. The molecular formula is C10H27N5O2. The Bertz CT molecular complexity index is 158. The van der Waals surface area contributed by atoms with Gasteiger partial charge in [0.25, 0.3) is 0 Å². The summed E-state index contributed by atoms with van der Waals surface area (Å²) in [4.78, 5) is 19.2. The third-order valence-corrected chi connectivity index (χ3v) is 1.34. The normalized spacial score (nSPS) is 8.24. The van der Waals surface area contributed by atoms with Gasteiger partial charge in [0.05, 0.1) is 0 Å². The lowest BCUT2D eigenvalue weighted by Crippen LogP contribution is -2.27. The quantitative estimate of drug-likeness (QED) is 0.354. The minimum absolute atomic E-state index is 0.245. The topological polar surface area (TPSA) is 150 Å². The SMILES string of the molecule is CCC(N)=O.CCC(N)=O.NCCNCCN. The highest BCUT2D eigenvalue weighted by atomic mass is 16.1. The first-order valence-corrected chi connectivity index (χ1v) is 5.63. The molecule has 0 aromatic heterocycles. The van der Waals surface area contributed by atoms with Crippen molar-refractivity contribution in [1.82, 2.24) is 5.32 Å². The number of hydrogen-bond acceptors (Lipinski definition) is 5.